The van der Waals surface area contributed by atoms with Crippen LogP contribution in [0.1, 0.15) is 6.92 Å². The van der Waals surface area contributed by atoms with Crippen molar-refractivity contribution >= 4 is 5.91 Å². The predicted molar refractivity (Wildman–Crippen MR) is 38.7 cm³/mol. The van der Waals surface area contributed by atoms with Gasteiger partial charge in [-0.05, 0) is 12.5 Å². The molecule has 1 heterocycles. The third kappa shape index (κ3) is 2.37. The molecule has 0 fully saturated rings. The molecule has 2 nitrogen and oxygen atoms in total. The molecule has 16 heavy (non-hydrogen) atoms. The van der Waals surface area contributed by atoms with Gasteiger partial charge in [-0.3, -0.25) is 4.79 Å². The first kappa shape index (κ1) is 12.6. The lowest BCUT2D eigenvalue weighted by Crippen LogP contribution is -2.35. The highest BCUT2D eigenvalue weighted by molar-refractivity contribution is 5.97. The number of carbonyl (C=O) groups excluding carboxylic acids is 1. The number of hydrogen-bond acceptors (Lipinski definition) is 1. The summed E-state index contributed by atoms with van der Waals surface area (Å²) < 4.78 is 72.8. The van der Waals surface area contributed by atoms with E-state index in [0.717, 1.165) is 6.92 Å². The van der Waals surface area contributed by atoms with Crippen molar-refractivity contribution in [3.8, 4) is 0 Å². The van der Waals surface area contributed by atoms with Crippen LogP contribution in [0.15, 0.2) is 16.8 Å². The van der Waals surface area contributed by atoms with Gasteiger partial charge >= 0.3 is 12.4 Å². The van der Waals surface area contributed by atoms with Gasteiger partial charge in [0.15, 0.2) is 5.70 Å². The van der Waals surface area contributed by atoms with Crippen molar-refractivity contribution in [3.63, 3.8) is 0 Å². The molecular formula is C8H3F6NO. The van der Waals surface area contributed by atoms with E-state index in [4.69, 9.17) is 0 Å². The molecule has 0 aromatic carbocycles. The smallest absolute Gasteiger partial charge is 0.267 e. The summed E-state index contributed by atoms with van der Waals surface area (Å²) in [5, 5.41) is 2.32. The number of nitrogens with zero attached hydrogens (tertiary/aromatic N) is 1. The molecule has 0 unspecified atom stereocenters. The highest BCUT2D eigenvalue weighted by atomic mass is 19.4. The Kier molecular flexibility index (Phi) is 2.78. The molecule has 0 bridgehead atoms. The van der Waals surface area contributed by atoms with Crippen LogP contribution in [-0.4, -0.2) is 18.3 Å². The van der Waals surface area contributed by atoms with E-state index in [1.165, 1.54) is 6.08 Å². The fourth-order valence-electron chi connectivity index (χ4n) is 1.05. The van der Waals surface area contributed by atoms with Crippen LogP contribution < -0.4 is 5.32 Å². The number of amides is 1. The van der Waals surface area contributed by atoms with Crippen LogP contribution >= 0.6 is 0 Å². The third-order valence-corrected chi connectivity index (χ3v) is 1.66. The molecule has 1 amide bonds. The van der Waals surface area contributed by atoms with E-state index < -0.39 is 35.1 Å². The molecule has 0 saturated heterocycles. The predicted octanol–water partition coefficient (Wildman–Crippen LogP) is 2.26. The number of halogens is 6. The normalized spacial score (nSPS) is 18.4. The van der Waals surface area contributed by atoms with E-state index in [1.807, 2.05) is 0 Å². The third-order valence-electron chi connectivity index (χ3n) is 1.66. The van der Waals surface area contributed by atoms with Gasteiger partial charge in [-0.1, -0.05) is 0 Å². The fourth-order valence-corrected chi connectivity index (χ4v) is 1.05. The zero-order valence-corrected chi connectivity index (χ0v) is 7.62. The second-order valence-corrected chi connectivity index (χ2v) is 2.89. The van der Waals surface area contributed by atoms with Gasteiger partial charge in [-0.15, -0.1) is 0 Å². The highest BCUT2D eigenvalue weighted by Crippen LogP contribution is 2.35. The molecule has 0 aliphatic carbocycles. The van der Waals surface area contributed by atoms with Gasteiger partial charge in [0.2, 0.25) is 0 Å². The maximum atomic E-state index is 12.2. The van der Waals surface area contributed by atoms with E-state index in [2.05, 4.69) is 5.32 Å². The Labute approximate surface area is 85.6 Å². The lowest BCUT2D eigenvalue weighted by atomic mass is 10.0. The first-order valence-electron chi connectivity index (χ1n) is 3.79. The Hall–Kier alpha value is -1.47. The summed E-state index contributed by atoms with van der Waals surface area (Å²) in [5.41, 5.74) is -4.39. The van der Waals surface area contributed by atoms with Crippen molar-refractivity contribution in [3.05, 3.63) is 22.9 Å². The SMILES string of the molecule is CC1=C(C(F)(F)F)C(=O)[N]C(C(F)(F)F)=[C]1. The van der Waals surface area contributed by atoms with Gasteiger partial charge in [0.1, 0.15) is 5.57 Å². The molecule has 0 spiro atoms. The fraction of sp³-hybridized carbons (Fsp3) is 0.375. The Bertz CT molecular complexity index is 386. The van der Waals surface area contributed by atoms with Crippen LogP contribution in [0.4, 0.5) is 26.3 Å². The largest absolute Gasteiger partial charge is 0.434 e. The van der Waals surface area contributed by atoms with Crippen LogP contribution in [0.3, 0.4) is 0 Å². The number of alkyl halides is 6. The lowest BCUT2D eigenvalue weighted by molar-refractivity contribution is -0.136. The monoisotopic (exact) mass is 243 g/mol. The van der Waals surface area contributed by atoms with E-state index >= 15 is 0 Å². The minimum atomic E-state index is -5.03. The highest BCUT2D eigenvalue weighted by Gasteiger charge is 2.47. The Morgan fingerprint density at radius 2 is 1.56 bits per heavy atom. The zero-order chi connectivity index (χ0) is 12.7. The number of carbonyl (C=O) groups is 1. The molecule has 1 aliphatic heterocycles. The average molecular weight is 243 g/mol. The summed E-state index contributed by atoms with van der Waals surface area (Å²) in [5.74, 6) is -1.95. The topological polar surface area (TPSA) is 31.2 Å². The van der Waals surface area contributed by atoms with Crippen LogP contribution in [0.25, 0.3) is 0 Å². The maximum Gasteiger partial charge on any atom is 0.434 e. The summed E-state index contributed by atoms with van der Waals surface area (Å²) in [4.78, 5) is 10.8. The quantitative estimate of drug-likeness (QED) is 0.600. The number of hydrogen-bond donors (Lipinski definition) is 0. The van der Waals surface area contributed by atoms with E-state index in [1.54, 1.807) is 0 Å². The molecule has 2 radical (unpaired) electrons. The second kappa shape index (κ2) is 3.53. The van der Waals surface area contributed by atoms with Crippen LogP contribution in [0, 0.1) is 6.08 Å². The van der Waals surface area contributed by atoms with Crippen molar-refractivity contribution in [2.24, 2.45) is 0 Å². The Morgan fingerprint density at radius 3 is 1.88 bits per heavy atom. The molecular weight excluding hydrogens is 240 g/mol. The van der Waals surface area contributed by atoms with E-state index in [-0.39, 0.29) is 0 Å². The summed E-state index contributed by atoms with van der Waals surface area (Å²) in [6.45, 7) is 0.723. The van der Waals surface area contributed by atoms with Crippen molar-refractivity contribution in [2.45, 2.75) is 19.3 Å². The minimum absolute atomic E-state index is 0.723. The van der Waals surface area contributed by atoms with Gasteiger partial charge in [0, 0.05) is 6.08 Å². The number of allylic oxidation sites excluding steroid dienone is 3. The van der Waals surface area contributed by atoms with Crippen molar-refractivity contribution in [2.75, 3.05) is 0 Å². The van der Waals surface area contributed by atoms with Crippen LogP contribution in [0.5, 0.6) is 0 Å². The zero-order valence-electron chi connectivity index (χ0n) is 7.62. The van der Waals surface area contributed by atoms with Gasteiger partial charge < -0.3 is 0 Å². The van der Waals surface area contributed by atoms with Gasteiger partial charge in [-0.25, -0.2) is 5.32 Å². The summed E-state index contributed by atoms with van der Waals surface area (Å²) in [6.07, 6.45) is -8.62. The first-order valence-corrected chi connectivity index (χ1v) is 3.79. The molecule has 0 saturated carbocycles. The van der Waals surface area contributed by atoms with Gasteiger partial charge in [0.05, 0.1) is 0 Å². The standard InChI is InChI=1S/C8H3F6NO/c1-3-2-4(7(9,10)11)15-6(16)5(3)8(12,13)14/h1H3. The first-order chi connectivity index (χ1) is 7.03. The number of rotatable bonds is 0. The van der Waals surface area contributed by atoms with Gasteiger partial charge in [-0.2, -0.15) is 26.3 Å². The van der Waals surface area contributed by atoms with Crippen molar-refractivity contribution in [1.82, 2.24) is 5.32 Å². The summed E-state index contributed by atoms with van der Waals surface area (Å²) in [7, 11) is 0. The van der Waals surface area contributed by atoms with E-state index in [9.17, 15) is 31.1 Å². The Morgan fingerprint density at radius 1 is 1.06 bits per heavy atom. The lowest BCUT2D eigenvalue weighted by Gasteiger charge is -2.19. The Balaban J connectivity index is 3.24. The van der Waals surface area contributed by atoms with Crippen LogP contribution in [0.2, 0.25) is 0 Å². The molecule has 1 aliphatic rings. The van der Waals surface area contributed by atoms with Crippen LogP contribution in [-0.2, 0) is 4.79 Å². The second-order valence-electron chi connectivity index (χ2n) is 2.89. The molecule has 88 valence electrons. The molecule has 0 N–H and O–H groups in total. The van der Waals surface area contributed by atoms with Crippen molar-refractivity contribution in [1.29, 1.82) is 0 Å². The molecule has 0 atom stereocenters. The molecule has 1 rings (SSSR count). The maximum absolute atomic E-state index is 12.2. The van der Waals surface area contributed by atoms with E-state index in [0.29, 0.717) is 0 Å². The molecule has 0 aromatic heterocycles. The molecule has 8 heteroatoms. The van der Waals surface area contributed by atoms with Crippen molar-refractivity contribution < 1.29 is 31.1 Å². The minimum Gasteiger partial charge on any atom is -0.267 e. The summed E-state index contributed by atoms with van der Waals surface area (Å²) in [6, 6.07) is 0. The summed E-state index contributed by atoms with van der Waals surface area (Å²) >= 11 is 0. The van der Waals surface area contributed by atoms with Gasteiger partial charge in [0.25, 0.3) is 5.91 Å². The average Bonchev–Trinajstić information content (AvgIpc) is 1.97. The molecule has 0 aromatic rings.